The number of amides is 1. The molecule has 1 fully saturated rings. The molecule has 1 heterocycles. The van der Waals surface area contributed by atoms with Gasteiger partial charge >= 0.3 is 0 Å². The Bertz CT molecular complexity index is 360. The van der Waals surface area contributed by atoms with Crippen molar-refractivity contribution in [1.29, 1.82) is 0 Å². The van der Waals surface area contributed by atoms with Crippen LogP contribution in [-0.4, -0.2) is 23.0 Å². The van der Waals surface area contributed by atoms with Gasteiger partial charge in [-0.25, -0.2) is 0 Å². The summed E-state index contributed by atoms with van der Waals surface area (Å²) in [6.07, 6.45) is 7.04. The minimum absolute atomic E-state index is 0.0114. The number of nitrogens with one attached hydrogen (secondary N) is 1. The van der Waals surface area contributed by atoms with Crippen molar-refractivity contribution in [3.05, 3.63) is 30.1 Å². The van der Waals surface area contributed by atoms with Crippen LogP contribution in [0, 0.1) is 0 Å². The van der Waals surface area contributed by atoms with Crippen LogP contribution in [-0.2, 0) is 11.2 Å². The van der Waals surface area contributed by atoms with Gasteiger partial charge in [0.15, 0.2) is 0 Å². The van der Waals surface area contributed by atoms with Gasteiger partial charge in [-0.15, -0.1) is 0 Å². The maximum Gasteiger partial charge on any atom is 0.240 e. The van der Waals surface area contributed by atoms with E-state index in [1.807, 2.05) is 18.3 Å². The molecule has 0 bridgehead atoms. The van der Waals surface area contributed by atoms with Gasteiger partial charge in [-0.2, -0.15) is 0 Å². The summed E-state index contributed by atoms with van der Waals surface area (Å²) < 4.78 is 0. The molecule has 4 heteroatoms. The van der Waals surface area contributed by atoms with E-state index in [9.17, 15) is 4.79 Å². The summed E-state index contributed by atoms with van der Waals surface area (Å²) in [4.78, 5) is 15.7. The molecule has 0 aliphatic heterocycles. The Balaban J connectivity index is 1.74. The molecule has 86 valence electrons. The van der Waals surface area contributed by atoms with Crippen molar-refractivity contribution < 1.29 is 4.79 Å². The molecule has 1 saturated carbocycles. The zero-order valence-electron chi connectivity index (χ0n) is 9.28. The molecule has 1 aliphatic carbocycles. The van der Waals surface area contributed by atoms with Crippen LogP contribution in [0.4, 0.5) is 0 Å². The van der Waals surface area contributed by atoms with Gasteiger partial charge in [-0.05, 0) is 37.3 Å². The van der Waals surface area contributed by atoms with Gasteiger partial charge in [0.2, 0.25) is 5.91 Å². The second-order valence-electron chi connectivity index (χ2n) is 4.38. The maximum absolute atomic E-state index is 11.7. The highest BCUT2D eigenvalue weighted by molar-refractivity contribution is 5.86. The molecule has 0 saturated heterocycles. The summed E-state index contributed by atoms with van der Waals surface area (Å²) in [5.74, 6) is -0.0114. The van der Waals surface area contributed by atoms with Gasteiger partial charge in [0.1, 0.15) is 0 Å². The highest BCUT2D eigenvalue weighted by atomic mass is 16.2. The Labute approximate surface area is 95.3 Å². The van der Waals surface area contributed by atoms with Gasteiger partial charge in [0.25, 0.3) is 0 Å². The first-order valence-electron chi connectivity index (χ1n) is 5.67. The highest BCUT2D eigenvalue weighted by Gasteiger charge is 2.39. The zero-order valence-corrected chi connectivity index (χ0v) is 9.28. The van der Waals surface area contributed by atoms with Crippen LogP contribution in [0.3, 0.4) is 0 Å². The van der Waals surface area contributed by atoms with E-state index in [4.69, 9.17) is 5.73 Å². The first kappa shape index (κ1) is 11.1. The smallest absolute Gasteiger partial charge is 0.240 e. The molecule has 2 rings (SSSR count). The summed E-state index contributed by atoms with van der Waals surface area (Å²) in [5.41, 5.74) is 6.44. The Morgan fingerprint density at radius 2 is 2.38 bits per heavy atom. The van der Waals surface area contributed by atoms with Crippen molar-refractivity contribution in [2.75, 3.05) is 6.54 Å². The van der Waals surface area contributed by atoms with Crippen LogP contribution in [0.25, 0.3) is 0 Å². The van der Waals surface area contributed by atoms with E-state index < -0.39 is 5.54 Å². The predicted octanol–water partition coefficient (Wildman–Crippen LogP) is 0.622. The third kappa shape index (κ3) is 2.39. The van der Waals surface area contributed by atoms with Crippen molar-refractivity contribution in [1.82, 2.24) is 10.3 Å². The average molecular weight is 219 g/mol. The zero-order chi connectivity index (χ0) is 11.4. The number of hydrogen-bond donors (Lipinski definition) is 2. The molecule has 1 aliphatic rings. The number of pyridine rings is 1. The third-order valence-electron chi connectivity index (χ3n) is 3.12. The second-order valence-corrected chi connectivity index (χ2v) is 4.38. The minimum Gasteiger partial charge on any atom is -0.354 e. The molecule has 1 amide bonds. The van der Waals surface area contributed by atoms with Gasteiger partial charge in [0, 0.05) is 18.9 Å². The largest absolute Gasteiger partial charge is 0.354 e. The van der Waals surface area contributed by atoms with Gasteiger partial charge in [-0.1, -0.05) is 6.07 Å². The molecule has 0 aromatic carbocycles. The number of nitrogens with two attached hydrogens (primary N) is 1. The summed E-state index contributed by atoms with van der Waals surface area (Å²) in [5, 5.41) is 2.88. The summed E-state index contributed by atoms with van der Waals surface area (Å²) in [6, 6.07) is 3.90. The Hall–Kier alpha value is -1.42. The number of hydrogen-bond acceptors (Lipinski definition) is 3. The second kappa shape index (κ2) is 4.61. The van der Waals surface area contributed by atoms with E-state index in [2.05, 4.69) is 10.3 Å². The molecule has 0 radical (unpaired) electrons. The van der Waals surface area contributed by atoms with Crippen molar-refractivity contribution in [3.63, 3.8) is 0 Å². The standard InChI is InChI=1S/C12H17N3O/c13-12(5-2-6-12)11(16)15-8-4-10-3-1-7-14-9-10/h1,3,7,9H,2,4-6,8,13H2,(H,15,16). The van der Waals surface area contributed by atoms with E-state index in [0.29, 0.717) is 6.54 Å². The number of carbonyl (C=O) groups excluding carboxylic acids is 1. The van der Waals surface area contributed by atoms with Crippen LogP contribution >= 0.6 is 0 Å². The lowest BCUT2D eigenvalue weighted by Crippen LogP contribution is -2.58. The minimum atomic E-state index is -0.588. The molecule has 1 aromatic rings. The van der Waals surface area contributed by atoms with E-state index in [1.165, 1.54) is 0 Å². The van der Waals surface area contributed by atoms with Gasteiger partial charge in [0.05, 0.1) is 5.54 Å². The molecular formula is C12H17N3O. The molecule has 0 atom stereocenters. The van der Waals surface area contributed by atoms with E-state index in [0.717, 1.165) is 31.2 Å². The molecule has 16 heavy (non-hydrogen) atoms. The highest BCUT2D eigenvalue weighted by Crippen LogP contribution is 2.28. The van der Waals surface area contributed by atoms with Crippen molar-refractivity contribution in [2.45, 2.75) is 31.2 Å². The third-order valence-corrected chi connectivity index (χ3v) is 3.12. The number of rotatable bonds is 4. The lowest BCUT2D eigenvalue weighted by molar-refractivity contribution is -0.129. The van der Waals surface area contributed by atoms with Crippen LogP contribution in [0.1, 0.15) is 24.8 Å². The Morgan fingerprint density at radius 3 is 2.94 bits per heavy atom. The lowest BCUT2D eigenvalue weighted by Gasteiger charge is -2.36. The molecule has 1 aromatic heterocycles. The fourth-order valence-electron chi connectivity index (χ4n) is 1.83. The first-order chi connectivity index (χ1) is 7.71. The Kier molecular flexibility index (Phi) is 3.19. The van der Waals surface area contributed by atoms with Crippen LogP contribution in [0.2, 0.25) is 0 Å². The van der Waals surface area contributed by atoms with Crippen LogP contribution in [0.5, 0.6) is 0 Å². The van der Waals surface area contributed by atoms with E-state index in [-0.39, 0.29) is 5.91 Å². The van der Waals surface area contributed by atoms with Crippen LogP contribution < -0.4 is 11.1 Å². The number of aromatic nitrogens is 1. The van der Waals surface area contributed by atoms with Gasteiger partial charge < -0.3 is 11.1 Å². The lowest BCUT2D eigenvalue weighted by atomic mass is 9.77. The average Bonchev–Trinajstić information content (AvgIpc) is 2.27. The molecule has 0 unspecified atom stereocenters. The summed E-state index contributed by atoms with van der Waals surface area (Å²) in [6.45, 7) is 0.628. The molecular weight excluding hydrogens is 202 g/mol. The Morgan fingerprint density at radius 1 is 1.56 bits per heavy atom. The van der Waals surface area contributed by atoms with Crippen molar-refractivity contribution in [2.24, 2.45) is 5.73 Å². The predicted molar refractivity (Wildman–Crippen MR) is 61.7 cm³/mol. The SMILES string of the molecule is NC1(C(=O)NCCc2cccnc2)CCC1. The fraction of sp³-hybridized carbons (Fsp3) is 0.500. The molecule has 3 N–H and O–H groups in total. The van der Waals surface area contributed by atoms with Crippen molar-refractivity contribution >= 4 is 5.91 Å². The topological polar surface area (TPSA) is 68.0 Å². The number of carbonyl (C=O) groups is 1. The normalized spacial score (nSPS) is 17.6. The summed E-state index contributed by atoms with van der Waals surface area (Å²) in [7, 11) is 0. The van der Waals surface area contributed by atoms with Crippen LogP contribution in [0.15, 0.2) is 24.5 Å². The monoisotopic (exact) mass is 219 g/mol. The first-order valence-corrected chi connectivity index (χ1v) is 5.67. The fourth-order valence-corrected chi connectivity index (χ4v) is 1.83. The summed E-state index contributed by atoms with van der Waals surface area (Å²) >= 11 is 0. The maximum atomic E-state index is 11.7. The van der Waals surface area contributed by atoms with Crippen molar-refractivity contribution in [3.8, 4) is 0 Å². The van der Waals surface area contributed by atoms with Gasteiger partial charge in [-0.3, -0.25) is 9.78 Å². The number of nitrogens with zero attached hydrogens (tertiary/aromatic N) is 1. The van der Waals surface area contributed by atoms with E-state index in [1.54, 1.807) is 6.20 Å². The van der Waals surface area contributed by atoms with E-state index >= 15 is 0 Å². The molecule has 0 spiro atoms. The quantitative estimate of drug-likeness (QED) is 0.780. The molecule has 4 nitrogen and oxygen atoms in total.